The van der Waals surface area contributed by atoms with Crippen molar-refractivity contribution in [2.45, 2.75) is 32.7 Å². The third-order valence-corrected chi connectivity index (χ3v) is 4.52. The topological polar surface area (TPSA) is 75.3 Å². The van der Waals surface area contributed by atoms with Crippen LogP contribution in [0.1, 0.15) is 38.3 Å². The van der Waals surface area contributed by atoms with Crippen LogP contribution >= 0.6 is 0 Å². The van der Waals surface area contributed by atoms with E-state index in [0.717, 1.165) is 5.56 Å². The van der Waals surface area contributed by atoms with Gasteiger partial charge in [0.15, 0.2) is 23.0 Å². The molecule has 0 heterocycles. The molecule has 2 rings (SSSR count). The van der Waals surface area contributed by atoms with Crippen LogP contribution in [0.4, 0.5) is 0 Å². The van der Waals surface area contributed by atoms with Crippen LogP contribution < -0.4 is 29.0 Å². The Balaban J connectivity index is 1.88. The smallest absolute Gasteiger partial charge is 0.220 e. The van der Waals surface area contributed by atoms with E-state index >= 15 is 0 Å². The van der Waals surface area contributed by atoms with Gasteiger partial charge in [0.2, 0.25) is 11.7 Å². The molecular formula is C23H31NO6. The standard InChI is InChI=1S/C23H31NO6/c1-6-29-18-10-7-8-11-19(18)30-13-9-12-22(25)24-16(2)17-14-20(26-3)23(28-5)21(15-17)27-4/h7-8,10-11,14-16H,6,9,12-13H2,1-5H3,(H,24,25). The van der Waals surface area contributed by atoms with Crippen molar-refractivity contribution in [3.8, 4) is 28.7 Å². The van der Waals surface area contributed by atoms with Crippen molar-refractivity contribution in [2.24, 2.45) is 0 Å². The summed E-state index contributed by atoms with van der Waals surface area (Å²) in [6.07, 6.45) is 0.944. The maximum Gasteiger partial charge on any atom is 0.220 e. The second kappa shape index (κ2) is 11.8. The Morgan fingerprint density at radius 1 is 0.933 bits per heavy atom. The normalized spacial score (nSPS) is 11.4. The van der Waals surface area contributed by atoms with Crippen LogP contribution in [-0.2, 0) is 4.79 Å². The minimum atomic E-state index is -0.217. The number of para-hydroxylation sites is 2. The molecule has 0 radical (unpaired) electrons. The molecule has 1 unspecified atom stereocenters. The van der Waals surface area contributed by atoms with Gasteiger partial charge in [-0.1, -0.05) is 12.1 Å². The molecule has 0 bridgehead atoms. The number of carbonyl (C=O) groups excluding carboxylic acids is 1. The Bertz CT molecular complexity index is 798. The molecule has 1 N–H and O–H groups in total. The van der Waals surface area contributed by atoms with Crippen molar-refractivity contribution in [1.29, 1.82) is 0 Å². The number of benzene rings is 2. The van der Waals surface area contributed by atoms with Gasteiger partial charge in [-0.25, -0.2) is 0 Å². The van der Waals surface area contributed by atoms with Gasteiger partial charge in [-0.05, 0) is 50.1 Å². The van der Waals surface area contributed by atoms with Gasteiger partial charge in [-0.15, -0.1) is 0 Å². The predicted molar refractivity (Wildman–Crippen MR) is 115 cm³/mol. The lowest BCUT2D eigenvalue weighted by atomic mass is 10.1. The van der Waals surface area contributed by atoms with Gasteiger partial charge in [-0.2, -0.15) is 0 Å². The number of carbonyl (C=O) groups is 1. The first kappa shape index (κ1) is 23.2. The lowest BCUT2D eigenvalue weighted by molar-refractivity contribution is -0.121. The zero-order chi connectivity index (χ0) is 21.9. The Kier molecular flexibility index (Phi) is 9.12. The minimum Gasteiger partial charge on any atom is -0.493 e. The molecule has 0 aliphatic rings. The Morgan fingerprint density at radius 2 is 1.53 bits per heavy atom. The molecule has 0 saturated heterocycles. The van der Waals surface area contributed by atoms with Crippen molar-refractivity contribution in [3.05, 3.63) is 42.0 Å². The van der Waals surface area contributed by atoms with Gasteiger partial charge in [-0.3, -0.25) is 4.79 Å². The zero-order valence-corrected chi connectivity index (χ0v) is 18.3. The fourth-order valence-electron chi connectivity index (χ4n) is 3.01. The summed E-state index contributed by atoms with van der Waals surface area (Å²) in [5.74, 6) is 2.96. The quantitative estimate of drug-likeness (QED) is 0.523. The van der Waals surface area contributed by atoms with Crippen LogP contribution in [0, 0.1) is 0 Å². The molecule has 2 aromatic rings. The van der Waals surface area contributed by atoms with Gasteiger partial charge in [0.25, 0.3) is 0 Å². The van der Waals surface area contributed by atoms with E-state index in [-0.39, 0.29) is 11.9 Å². The van der Waals surface area contributed by atoms with Crippen molar-refractivity contribution < 1.29 is 28.5 Å². The van der Waals surface area contributed by atoms with Gasteiger partial charge in [0.1, 0.15) is 0 Å². The molecule has 1 atom stereocenters. The third kappa shape index (κ3) is 6.20. The van der Waals surface area contributed by atoms with Crippen LogP contribution in [-0.4, -0.2) is 40.5 Å². The monoisotopic (exact) mass is 417 g/mol. The molecule has 0 saturated carbocycles. The first-order valence-corrected chi connectivity index (χ1v) is 9.97. The fraction of sp³-hybridized carbons (Fsp3) is 0.435. The molecule has 2 aromatic carbocycles. The zero-order valence-electron chi connectivity index (χ0n) is 18.3. The molecule has 7 nitrogen and oxygen atoms in total. The van der Waals surface area contributed by atoms with Crippen molar-refractivity contribution >= 4 is 5.91 Å². The van der Waals surface area contributed by atoms with E-state index in [0.29, 0.717) is 54.8 Å². The Labute approximate surface area is 178 Å². The van der Waals surface area contributed by atoms with E-state index in [2.05, 4.69) is 5.32 Å². The molecule has 0 fully saturated rings. The second-order valence-corrected chi connectivity index (χ2v) is 6.58. The van der Waals surface area contributed by atoms with Crippen LogP contribution in [0.15, 0.2) is 36.4 Å². The molecule has 7 heteroatoms. The largest absolute Gasteiger partial charge is 0.493 e. The number of nitrogens with one attached hydrogen (secondary N) is 1. The number of amides is 1. The number of ether oxygens (including phenoxy) is 5. The van der Waals surface area contributed by atoms with Gasteiger partial charge >= 0.3 is 0 Å². The van der Waals surface area contributed by atoms with E-state index in [4.69, 9.17) is 23.7 Å². The first-order valence-electron chi connectivity index (χ1n) is 9.97. The first-order chi connectivity index (χ1) is 14.5. The SMILES string of the molecule is CCOc1ccccc1OCCCC(=O)NC(C)c1cc(OC)c(OC)c(OC)c1. The average molecular weight is 418 g/mol. The summed E-state index contributed by atoms with van der Waals surface area (Å²) < 4.78 is 27.4. The summed E-state index contributed by atoms with van der Waals surface area (Å²) in [5, 5.41) is 3.00. The summed E-state index contributed by atoms with van der Waals surface area (Å²) >= 11 is 0. The molecule has 0 aliphatic heterocycles. The van der Waals surface area contributed by atoms with Crippen LogP contribution in [0.25, 0.3) is 0 Å². The summed E-state index contributed by atoms with van der Waals surface area (Å²) in [6, 6.07) is 11.0. The maximum atomic E-state index is 12.4. The van der Waals surface area contributed by atoms with Crippen LogP contribution in [0.5, 0.6) is 28.7 Å². The number of hydrogen-bond acceptors (Lipinski definition) is 6. The third-order valence-electron chi connectivity index (χ3n) is 4.52. The molecule has 30 heavy (non-hydrogen) atoms. The molecular weight excluding hydrogens is 386 g/mol. The van der Waals surface area contributed by atoms with Crippen molar-refractivity contribution in [3.63, 3.8) is 0 Å². The summed E-state index contributed by atoms with van der Waals surface area (Å²) in [7, 11) is 4.68. The van der Waals surface area contributed by atoms with E-state index in [1.807, 2.05) is 50.2 Å². The minimum absolute atomic E-state index is 0.0575. The van der Waals surface area contributed by atoms with E-state index in [9.17, 15) is 4.79 Å². The lowest BCUT2D eigenvalue weighted by Gasteiger charge is -2.19. The average Bonchev–Trinajstić information content (AvgIpc) is 2.76. The highest BCUT2D eigenvalue weighted by Crippen LogP contribution is 2.39. The number of hydrogen-bond donors (Lipinski definition) is 1. The van der Waals surface area contributed by atoms with Crippen LogP contribution in [0.2, 0.25) is 0 Å². The Hall–Kier alpha value is -3.09. The Morgan fingerprint density at radius 3 is 2.07 bits per heavy atom. The highest BCUT2D eigenvalue weighted by atomic mass is 16.5. The highest BCUT2D eigenvalue weighted by Gasteiger charge is 2.17. The molecule has 164 valence electrons. The molecule has 0 aliphatic carbocycles. The lowest BCUT2D eigenvalue weighted by Crippen LogP contribution is -2.26. The maximum absolute atomic E-state index is 12.4. The van der Waals surface area contributed by atoms with Crippen molar-refractivity contribution in [2.75, 3.05) is 34.5 Å². The molecule has 1 amide bonds. The summed E-state index contributed by atoms with van der Waals surface area (Å²) in [6.45, 7) is 4.83. The second-order valence-electron chi connectivity index (χ2n) is 6.58. The molecule has 0 spiro atoms. The number of methoxy groups -OCH3 is 3. The van der Waals surface area contributed by atoms with Gasteiger partial charge < -0.3 is 29.0 Å². The van der Waals surface area contributed by atoms with Crippen LogP contribution in [0.3, 0.4) is 0 Å². The van der Waals surface area contributed by atoms with E-state index in [1.165, 1.54) is 0 Å². The molecule has 0 aromatic heterocycles. The fourth-order valence-corrected chi connectivity index (χ4v) is 3.01. The van der Waals surface area contributed by atoms with Gasteiger partial charge in [0, 0.05) is 6.42 Å². The number of rotatable bonds is 12. The van der Waals surface area contributed by atoms with Crippen molar-refractivity contribution in [1.82, 2.24) is 5.32 Å². The highest BCUT2D eigenvalue weighted by molar-refractivity contribution is 5.76. The summed E-state index contributed by atoms with van der Waals surface area (Å²) in [5.41, 5.74) is 0.861. The van der Waals surface area contributed by atoms with E-state index < -0.39 is 0 Å². The van der Waals surface area contributed by atoms with Gasteiger partial charge in [0.05, 0.1) is 40.6 Å². The predicted octanol–water partition coefficient (Wildman–Crippen LogP) is 4.15. The van der Waals surface area contributed by atoms with E-state index in [1.54, 1.807) is 21.3 Å². The summed E-state index contributed by atoms with van der Waals surface area (Å²) in [4.78, 5) is 12.4.